The zero-order valence-electron chi connectivity index (χ0n) is 28.3. The Labute approximate surface area is 298 Å². The normalized spacial score (nSPS) is 13.2. The van der Waals surface area contributed by atoms with Crippen LogP contribution in [0.4, 0.5) is 0 Å². The maximum Gasteiger partial charge on any atom is 0.159 e. The molecular formula is C48H31N3O. The van der Waals surface area contributed by atoms with E-state index in [1.807, 2.05) is 0 Å². The minimum absolute atomic E-state index is 0.878. The van der Waals surface area contributed by atoms with Crippen LogP contribution in [-0.4, -0.2) is 13.7 Å². The van der Waals surface area contributed by atoms with Crippen LogP contribution in [-0.2, 0) is 6.42 Å². The number of furan rings is 1. The van der Waals surface area contributed by atoms with Gasteiger partial charge in [0.25, 0.3) is 0 Å². The van der Waals surface area contributed by atoms with Crippen LogP contribution >= 0.6 is 0 Å². The maximum atomic E-state index is 7.27. The van der Waals surface area contributed by atoms with E-state index in [9.17, 15) is 0 Å². The molecule has 4 nitrogen and oxygen atoms in total. The highest BCUT2D eigenvalue weighted by Crippen LogP contribution is 2.44. The molecule has 4 heteroatoms. The number of aromatic nitrogens is 3. The molecule has 52 heavy (non-hydrogen) atoms. The van der Waals surface area contributed by atoms with Gasteiger partial charge in [-0.25, -0.2) is 0 Å². The summed E-state index contributed by atoms with van der Waals surface area (Å²) >= 11 is 0. The Balaban J connectivity index is 1.25. The van der Waals surface area contributed by atoms with Gasteiger partial charge in [0.1, 0.15) is 0 Å². The molecule has 0 N–H and O–H groups in total. The van der Waals surface area contributed by atoms with E-state index in [1.54, 1.807) is 0 Å². The topological polar surface area (TPSA) is 27.9 Å². The first-order valence-corrected chi connectivity index (χ1v) is 18.1. The lowest BCUT2D eigenvalue weighted by Crippen LogP contribution is -2.04. The number of rotatable bonds is 3. The van der Waals surface area contributed by atoms with Crippen LogP contribution in [0.1, 0.15) is 17.7 Å². The van der Waals surface area contributed by atoms with Crippen LogP contribution in [0.5, 0.6) is 0 Å². The first-order chi connectivity index (χ1) is 25.8. The monoisotopic (exact) mass is 665 g/mol. The first kappa shape index (κ1) is 28.0. The lowest BCUT2D eigenvalue weighted by atomic mass is 10.0. The molecule has 244 valence electrons. The standard InChI is InChI=1S/C48H31N3O/c1-7-21-39-31(14-1)32-15-2-8-22-40(32)49(39)30-28-38-37-20-13-27-45(50-41-23-9-3-16-33(41)34-17-4-10-24-42(34)50)47(37)52-48(38)46(29-30)51-43-25-11-5-18-35(43)36-19-6-12-26-44(36)51/h1-7,9-21,23-29H,8,22H2. The fourth-order valence-electron chi connectivity index (χ4n) is 9.15. The van der Waals surface area contributed by atoms with Crippen molar-refractivity contribution in [3.63, 3.8) is 0 Å². The second kappa shape index (κ2) is 10.4. The van der Waals surface area contributed by atoms with Crippen molar-refractivity contribution in [3.05, 3.63) is 169 Å². The van der Waals surface area contributed by atoms with E-state index in [2.05, 4.69) is 178 Å². The highest BCUT2D eigenvalue weighted by molar-refractivity contribution is 6.16. The van der Waals surface area contributed by atoms with Gasteiger partial charge in [-0.3, -0.25) is 0 Å². The van der Waals surface area contributed by atoms with Crippen molar-refractivity contribution >= 4 is 82.5 Å². The molecule has 0 saturated heterocycles. The second-order valence-electron chi connectivity index (χ2n) is 14.0. The minimum Gasteiger partial charge on any atom is -0.452 e. The van der Waals surface area contributed by atoms with Crippen LogP contribution in [0.3, 0.4) is 0 Å². The lowest BCUT2D eigenvalue weighted by Gasteiger charge is -2.16. The Morgan fingerprint density at radius 3 is 1.48 bits per heavy atom. The molecule has 4 aromatic heterocycles. The van der Waals surface area contributed by atoms with E-state index in [0.717, 1.165) is 62.9 Å². The van der Waals surface area contributed by atoms with Gasteiger partial charge in [0.2, 0.25) is 0 Å². The van der Waals surface area contributed by atoms with Gasteiger partial charge < -0.3 is 18.1 Å². The SMILES string of the molecule is C1=Cc2c(n(-c3cc(-n4c5ccccc5c5ccccc54)c4oc5c(-n6c7ccccc7c7ccccc76)cccc5c4c3)c3ccccc23)CC1. The van der Waals surface area contributed by atoms with Gasteiger partial charge in [-0.05, 0) is 61.4 Å². The van der Waals surface area contributed by atoms with E-state index >= 15 is 0 Å². The summed E-state index contributed by atoms with van der Waals surface area (Å²) < 4.78 is 14.6. The van der Waals surface area contributed by atoms with Crippen molar-refractivity contribution in [2.24, 2.45) is 0 Å². The van der Waals surface area contributed by atoms with Crippen LogP contribution in [0.15, 0.2) is 162 Å². The van der Waals surface area contributed by atoms with Gasteiger partial charge in [0, 0.05) is 54.6 Å². The van der Waals surface area contributed by atoms with Crippen molar-refractivity contribution in [1.82, 2.24) is 13.7 Å². The number of benzene rings is 7. The smallest absolute Gasteiger partial charge is 0.159 e. The van der Waals surface area contributed by atoms with E-state index in [1.165, 1.54) is 54.7 Å². The van der Waals surface area contributed by atoms with Crippen molar-refractivity contribution in [3.8, 4) is 17.1 Å². The molecule has 0 atom stereocenters. The van der Waals surface area contributed by atoms with E-state index in [-0.39, 0.29) is 0 Å². The summed E-state index contributed by atoms with van der Waals surface area (Å²) in [5.41, 5.74) is 13.5. The highest BCUT2D eigenvalue weighted by atomic mass is 16.3. The number of allylic oxidation sites excluding steroid dienone is 1. The van der Waals surface area contributed by atoms with E-state index in [0.29, 0.717) is 0 Å². The number of fused-ring (bicyclic) bond motifs is 12. The molecule has 0 unspecified atom stereocenters. The highest BCUT2D eigenvalue weighted by Gasteiger charge is 2.25. The number of hydrogen-bond acceptors (Lipinski definition) is 1. The van der Waals surface area contributed by atoms with Crippen molar-refractivity contribution in [2.45, 2.75) is 12.8 Å². The summed E-state index contributed by atoms with van der Waals surface area (Å²) in [6.07, 6.45) is 6.65. The summed E-state index contributed by atoms with van der Waals surface area (Å²) in [5, 5.41) is 8.42. The third kappa shape index (κ3) is 3.65. The number of nitrogens with zero attached hydrogens (tertiary/aromatic N) is 3. The molecule has 1 aliphatic rings. The summed E-state index contributed by atoms with van der Waals surface area (Å²) in [6, 6.07) is 55.0. The molecule has 11 aromatic rings. The molecule has 1 aliphatic carbocycles. The second-order valence-corrected chi connectivity index (χ2v) is 14.0. The molecule has 12 rings (SSSR count). The molecule has 0 aliphatic heterocycles. The Kier molecular flexibility index (Phi) is 5.58. The quantitative estimate of drug-likeness (QED) is 0.185. The predicted molar refractivity (Wildman–Crippen MR) is 217 cm³/mol. The van der Waals surface area contributed by atoms with Gasteiger partial charge in [0.05, 0.1) is 39.0 Å². The van der Waals surface area contributed by atoms with Gasteiger partial charge in [-0.15, -0.1) is 0 Å². The van der Waals surface area contributed by atoms with Crippen molar-refractivity contribution in [1.29, 1.82) is 0 Å². The molecule has 0 spiro atoms. The first-order valence-electron chi connectivity index (χ1n) is 18.1. The Bertz CT molecular complexity index is 3200. The zero-order chi connectivity index (χ0) is 33.9. The lowest BCUT2D eigenvalue weighted by molar-refractivity contribution is 0.663. The van der Waals surface area contributed by atoms with Gasteiger partial charge in [-0.1, -0.05) is 115 Å². The summed E-state index contributed by atoms with van der Waals surface area (Å²) in [7, 11) is 0. The fraction of sp³-hybridized carbons (Fsp3) is 0.0417. The average molecular weight is 666 g/mol. The fourth-order valence-corrected chi connectivity index (χ4v) is 9.15. The number of para-hydroxylation sites is 6. The molecule has 0 bridgehead atoms. The van der Waals surface area contributed by atoms with Gasteiger partial charge in [0.15, 0.2) is 11.2 Å². The molecular weight excluding hydrogens is 635 g/mol. The van der Waals surface area contributed by atoms with Crippen molar-refractivity contribution < 1.29 is 4.42 Å². The molecule has 0 radical (unpaired) electrons. The molecule has 4 heterocycles. The Hall–Kier alpha value is -6.78. The Morgan fingerprint density at radius 1 is 0.404 bits per heavy atom. The van der Waals surface area contributed by atoms with E-state index in [4.69, 9.17) is 4.42 Å². The molecule has 0 fully saturated rings. The van der Waals surface area contributed by atoms with Crippen LogP contribution in [0.2, 0.25) is 0 Å². The average Bonchev–Trinajstić information content (AvgIpc) is 3.94. The summed E-state index contributed by atoms with van der Waals surface area (Å²) in [5.74, 6) is 0. The third-order valence-corrected chi connectivity index (χ3v) is 11.3. The number of hydrogen-bond donors (Lipinski definition) is 0. The predicted octanol–water partition coefficient (Wildman–Crippen LogP) is 12.7. The minimum atomic E-state index is 0.878. The summed E-state index contributed by atoms with van der Waals surface area (Å²) in [6.45, 7) is 0. The molecule has 7 aromatic carbocycles. The van der Waals surface area contributed by atoms with Crippen LogP contribution < -0.4 is 0 Å². The van der Waals surface area contributed by atoms with Crippen molar-refractivity contribution in [2.75, 3.05) is 0 Å². The molecule has 0 saturated carbocycles. The van der Waals surface area contributed by atoms with E-state index < -0.39 is 0 Å². The Morgan fingerprint density at radius 2 is 0.885 bits per heavy atom. The van der Waals surface area contributed by atoms with Gasteiger partial charge >= 0.3 is 0 Å². The van der Waals surface area contributed by atoms with Crippen LogP contribution in [0.25, 0.3) is 99.6 Å². The maximum absolute atomic E-state index is 7.27. The zero-order valence-corrected chi connectivity index (χ0v) is 28.3. The van der Waals surface area contributed by atoms with Gasteiger partial charge in [-0.2, -0.15) is 0 Å². The summed E-state index contributed by atoms with van der Waals surface area (Å²) in [4.78, 5) is 0. The third-order valence-electron chi connectivity index (χ3n) is 11.3. The largest absolute Gasteiger partial charge is 0.452 e. The molecule has 0 amide bonds. The van der Waals surface area contributed by atoms with Crippen LogP contribution in [0, 0.1) is 0 Å².